The molecule has 0 saturated carbocycles. The van der Waals surface area contributed by atoms with Gasteiger partial charge in [-0.3, -0.25) is 4.79 Å². The summed E-state index contributed by atoms with van der Waals surface area (Å²) in [5.74, 6) is 0.0686. The molecule has 1 aromatic rings. The highest BCUT2D eigenvalue weighted by Gasteiger charge is 2.21. The van der Waals surface area contributed by atoms with Gasteiger partial charge < -0.3 is 9.64 Å². The van der Waals surface area contributed by atoms with E-state index in [4.69, 9.17) is 4.74 Å². The van der Waals surface area contributed by atoms with E-state index in [0.29, 0.717) is 18.7 Å². The average molecular weight is 281 g/mol. The van der Waals surface area contributed by atoms with Crippen LogP contribution in [0.25, 0.3) is 0 Å². The van der Waals surface area contributed by atoms with Crippen molar-refractivity contribution < 1.29 is 9.53 Å². The standard InChI is InChI=1S/C15H23NO2S/c1-4-13(5-2)16(10-11-18-3)15(17)12-6-8-14(19)9-7-12/h6-9,13,19H,4-5,10-11H2,1-3H3. The minimum absolute atomic E-state index is 0.0686. The van der Waals surface area contributed by atoms with Crippen LogP contribution < -0.4 is 0 Å². The second kappa shape index (κ2) is 8.23. The van der Waals surface area contributed by atoms with Gasteiger partial charge in [-0.15, -0.1) is 12.6 Å². The van der Waals surface area contributed by atoms with E-state index < -0.39 is 0 Å². The van der Waals surface area contributed by atoms with Crippen LogP contribution in [-0.2, 0) is 4.74 Å². The van der Waals surface area contributed by atoms with Crippen LogP contribution in [0.15, 0.2) is 29.2 Å². The fourth-order valence-corrected chi connectivity index (χ4v) is 2.29. The number of rotatable bonds is 7. The van der Waals surface area contributed by atoms with Gasteiger partial charge in [0, 0.05) is 30.2 Å². The summed E-state index contributed by atoms with van der Waals surface area (Å²) in [7, 11) is 1.66. The van der Waals surface area contributed by atoms with Crippen molar-refractivity contribution >= 4 is 18.5 Å². The Kier molecular flexibility index (Phi) is 6.95. The molecule has 0 aromatic heterocycles. The third kappa shape index (κ3) is 4.55. The lowest BCUT2D eigenvalue weighted by atomic mass is 10.1. The lowest BCUT2D eigenvalue weighted by molar-refractivity contribution is 0.0589. The van der Waals surface area contributed by atoms with Gasteiger partial charge in [-0.1, -0.05) is 13.8 Å². The molecule has 0 aliphatic carbocycles. The first-order chi connectivity index (χ1) is 9.13. The van der Waals surface area contributed by atoms with Gasteiger partial charge >= 0.3 is 0 Å². The molecule has 1 aromatic carbocycles. The van der Waals surface area contributed by atoms with Crippen LogP contribution in [0.2, 0.25) is 0 Å². The number of nitrogens with zero attached hydrogens (tertiary/aromatic N) is 1. The van der Waals surface area contributed by atoms with E-state index in [1.54, 1.807) is 7.11 Å². The van der Waals surface area contributed by atoms with Gasteiger partial charge in [-0.25, -0.2) is 0 Å². The first-order valence-corrected chi connectivity index (χ1v) is 7.17. The van der Waals surface area contributed by atoms with Gasteiger partial charge in [-0.2, -0.15) is 0 Å². The summed E-state index contributed by atoms with van der Waals surface area (Å²) < 4.78 is 5.11. The third-order valence-electron chi connectivity index (χ3n) is 3.29. The number of amides is 1. The summed E-state index contributed by atoms with van der Waals surface area (Å²) in [6.45, 7) is 5.41. The highest BCUT2D eigenvalue weighted by Crippen LogP contribution is 2.15. The smallest absolute Gasteiger partial charge is 0.254 e. The zero-order valence-corrected chi connectivity index (χ0v) is 12.8. The monoisotopic (exact) mass is 281 g/mol. The highest BCUT2D eigenvalue weighted by atomic mass is 32.1. The second-order valence-corrected chi connectivity index (χ2v) is 5.02. The van der Waals surface area contributed by atoms with Crippen LogP contribution >= 0.6 is 12.6 Å². The van der Waals surface area contributed by atoms with E-state index in [1.165, 1.54) is 0 Å². The lowest BCUT2D eigenvalue weighted by Gasteiger charge is -2.30. The zero-order valence-electron chi connectivity index (χ0n) is 11.9. The van der Waals surface area contributed by atoms with Crippen LogP contribution in [0.3, 0.4) is 0 Å². The van der Waals surface area contributed by atoms with E-state index in [2.05, 4.69) is 26.5 Å². The van der Waals surface area contributed by atoms with E-state index in [1.807, 2.05) is 29.2 Å². The maximum atomic E-state index is 12.6. The molecule has 0 atom stereocenters. The predicted molar refractivity (Wildman–Crippen MR) is 81.0 cm³/mol. The molecule has 0 fully saturated rings. The molecular formula is C15H23NO2S. The molecule has 1 amide bonds. The predicted octanol–water partition coefficient (Wildman–Crippen LogP) is 3.25. The number of thiol groups is 1. The van der Waals surface area contributed by atoms with Crippen LogP contribution in [0.1, 0.15) is 37.0 Å². The van der Waals surface area contributed by atoms with Crippen molar-refractivity contribution in [1.29, 1.82) is 0 Å². The second-order valence-electron chi connectivity index (χ2n) is 4.51. The van der Waals surface area contributed by atoms with E-state index in [-0.39, 0.29) is 11.9 Å². The molecular weight excluding hydrogens is 258 g/mol. The molecule has 1 rings (SSSR count). The van der Waals surface area contributed by atoms with Crippen molar-refractivity contribution in [2.75, 3.05) is 20.3 Å². The van der Waals surface area contributed by atoms with Crippen LogP contribution in [0.5, 0.6) is 0 Å². The average Bonchev–Trinajstić information content (AvgIpc) is 2.43. The normalized spacial score (nSPS) is 10.8. The number of carbonyl (C=O) groups is 1. The van der Waals surface area contributed by atoms with Gasteiger partial charge in [0.25, 0.3) is 5.91 Å². The lowest BCUT2D eigenvalue weighted by Crippen LogP contribution is -2.41. The molecule has 106 valence electrons. The summed E-state index contributed by atoms with van der Waals surface area (Å²) in [5.41, 5.74) is 0.709. The molecule has 0 spiro atoms. The third-order valence-corrected chi connectivity index (χ3v) is 3.59. The topological polar surface area (TPSA) is 29.5 Å². The van der Waals surface area contributed by atoms with Crippen molar-refractivity contribution in [3.63, 3.8) is 0 Å². The molecule has 0 heterocycles. The fourth-order valence-electron chi connectivity index (χ4n) is 2.14. The van der Waals surface area contributed by atoms with Crippen molar-refractivity contribution in [3.05, 3.63) is 29.8 Å². The molecule has 0 bridgehead atoms. The van der Waals surface area contributed by atoms with Crippen molar-refractivity contribution in [1.82, 2.24) is 4.90 Å². The summed E-state index contributed by atoms with van der Waals surface area (Å²) in [4.78, 5) is 15.3. The Morgan fingerprint density at radius 3 is 2.32 bits per heavy atom. The highest BCUT2D eigenvalue weighted by molar-refractivity contribution is 7.80. The van der Waals surface area contributed by atoms with Gasteiger partial charge in [0.2, 0.25) is 0 Å². The zero-order chi connectivity index (χ0) is 14.3. The number of hydrogen-bond donors (Lipinski definition) is 1. The molecule has 0 unspecified atom stereocenters. The Balaban J connectivity index is 2.89. The molecule has 0 radical (unpaired) electrons. The first kappa shape index (κ1) is 16.1. The number of hydrogen-bond acceptors (Lipinski definition) is 3. The van der Waals surface area contributed by atoms with Crippen molar-refractivity contribution in [2.45, 2.75) is 37.6 Å². The molecule has 0 aliphatic heterocycles. The van der Waals surface area contributed by atoms with Crippen LogP contribution in [-0.4, -0.2) is 37.1 Å². The quantitative estimate of drug-likeness (QED) is 0.777. The minimum atomic E-state index is 0.0686. The van der Waals surface area contributed by atoms with E-state index in [9.17, 15) is 4.79 Å². The minimum Gasteiger partial charge on any atom is -0.383 e. The molecule has 4 heteroatoms. The molecule has 0 N–H and O–H groups in total. The van der Waals surface area contributed by atoms with Gasteiger partial charge in [0.1, 0.15) is 0 Å². The summed E-state index contributed by atoms with van der Waals surface area (Å²) in [5, 5.41) is 0. The SMILES string of the molecule is CCC(CC)N(CCOC)C(=O)c1ccc(S)cc1. The molecule has 3 nitrogen and oxygen atoms in total. The summed E-state index contributed by atoms with van der Waals surface area (Å²) in [6.07, 6.45) is 1.91. The number of methoxy groups -OCH3 is 1. The van der Waals surface area contributed by atoms with Crippen molar-refractivity contribution in [3.8, 4) is 0 Å². The Bertz CT molecular complexity index is 388. The number of benzene rings is 1. The number of carbonyl (C=O) groups excluding carboxylic acids is 1. The summed E-state index contributed by atoms with van der Waals surface area (Å²) >= 11 is 4.24. The molecule has 19 heavy (non-hydrogen) atoms. The first-order valence-electron chi connectivity index (χ1n) is 6.72. The maximum absolute atomic E-state index is 12.6. The van der Waals surface area contributed by atoms with Gasteiger partial charge in [0.05, 0.1) is 6.61 Å². The van der Waals surface area contributed by atoms with Crippen molar-refractivity contribution in [2.24, 2.45) is 0 Å². The number of ether oxygens (including phenoxy) is 1. The van der Waals surface area contributed by atoms with E-state index in [0.717, 1.165) is 17.7 Å². The van der Waals surface area contributed by atoms with Crippen LogP contribution in [0.4, 0.5) is 0 Å². The Morgan fingerprint density at radius 2 is 1.84 bits per heavy atom. The molecule has 0 saturated heterocycles. The van der Waals surface area contributed by atoms with Gasteiger partial charge in [-0.05, 0) is 37.1 Å². The van der Waals surface area contributed by atoms with E-state index >= 15 is 0 Å². The Morgan fingerprint density at radius 1 is 1.26 bits per heavy atom. The van der Waals surface area contributed by atoms with Gasteiger partial charge in [0.15, 0.2) is 0 Å². The molecule has 0 aliphatic rings. The Hall–Kier alpha value is -1.00. The summed E-state index contributed by atoms with van der Waals surface area (Å²) in [6, 6.07) is 7.60. The maximum Gasteiger partial charge on any atom is 0.254 e. The van der Waals surface area contributed by atoms with Crippen LogP contribution in [0, 0.1) is 0 Å². The fraction of sp³-hybridized carbons (Fsp3) is 0.533. The Labute approximate surface area is 121 Å². The largest absolute Gasteiger partial charge is 0.383 e.